The van der Waals surface area contributed by atoms with E-state index in [4.69, 9.17) is 0 Å². The van der Waals surface area contributed by atoms with Crippen molar-refractivity contribution in [1.82, 2.24) is 4.72 Å². The number of hydrogen-bond donors (Lipinski definition) is 2. The van der Waals surface area contributed by atoms with E-state index in [1.807, 2.05) is 0 Å². The highest BCUT2D eigenvalue weighted by atomic mass is 32.2. The normalized spacial score (nSPS) is 11.6. The number of alkyl halides is 3. The second kappa shape index (κ2) is 9.59. The second-order valence-electron chi connectivity index (χ2n) is 5.92. The predicted molar refractivity (Wildman–Crippen MR) is 99.1 cm³/mol. The summed E-state index contributed by atoms with van der Waals surface area (Å²) in [6.45, 7) is 0.385. The Bertz CT molecular complexity index is 990. The fraction of sp³-hybridized carbons (Fsp3) is 0.222. The molecule has 0 unspecified atom stereocenters. The Hall–Kier alpha value is -3.12. The summed E-state index contributed by atoms with van der Waals surface area (Å²) < 4.78 is 70.8. The quantitative estimate of drug-likeness (QED) is 0.603. The summed E-state index contributed by atoms with van der Waals surface area (Å²) in [5, 5.41) is 2.30. The number of benzene rings is 2. The molecule has 2 rings (SSSR count). The molecule has 1 amide bonds. The molecule has 0 spiro atoms. The van der Waals surface area contributed by atoms with Crippen molar-refractivity contribution in [2.24, 2.45) is 0 Å². The molecule has 0 saturated carbocycles. The molecule has 0 aliphatic heterocycles. The van der Waals surface area contributed by atoms with Crippen LogP contribution in [0.2, 0.25) is 0 Å². The van der Waals surface area contributed by atoms with Crippen molar-refractivity contribution >= 4 is 27.6 Å². The third-order valence-electron chi connectivity index (χ3n) is 3.47. The number of esters is 1. The highest BCUT2D eigenvalue weighted by molar-refractivity contribution is 7.89. The summed E-state index contributed by atoms with van der Waals surface area (Å²) in [7, 11) is -3.92. The van der Waals surface area contributed by atoms with Crippen LogP contribution in [0.5, 0.6) is 5.75 Å². The van der Waals surface area contributed by atoms with Gasteiger partial charge in [-0.3, -0.25) is 9.59 Å². The molecule has 0 aromatic heterocycles. The Morgan fingerprint density at radius 3 is 2.17 bits per heavy atom. The number of sulfonamides is 1. The van der Waals surface area contributed by atoms with Gasteiger partial charge in [-0.2, -0.15) is 4.72 Å². The minimum absolute atomic E-state index is 0.0309. The average Bonchev–Trinajstić information content (AvgIpc) is 2.65. The summed E-state index contributed by atoms with van der Waals surface area (Å²) in [6, 6.07) is 10.3. The van der Waals surface area contributed by atoms with Crippen molar-refractivity contribution in [2.75, 3.05) is 18.5 Å². The number of hydrogen-bond acceptors (Lipinski definition) is 6. The first-order valence-electron chi connectivity index (χ1n) is 8.32. The van der Waals surface area contributed by atoms with Gasteiger partial charge in [0.25, 0.3) is 5.91 Å². The Kier molecular flexibility index (Phi) is 7.40. The van der Waals surface area contributed by atoms with Crippen molar-refractivity contribution < 1.29 is 40.7 Å². The van der Waals surface area contributed by atoms with Crippen LogP contribution < -0.4 is 14.8 Å². The molecule has 2 aromatic rings. The van der Waals surface area contributed by atoms with Gasteiger partial charge in [0.2, 0.25) is 10.0 Å². The second-order valence-corrected chi connectivity index (χ2v) is 7.69. The monoisotopic (exact) mass is 446 g/mol. The van der Waals surface area contributed by atoms with Crippen LogP contribution in [0.4, 0.5) is 18.9 Å². The van der Waals surface area contributed by atoms with Crippen molar-refractivity contribution in [3.05, 3.63) is 54.1 Å². The van der Waals surface area contributed by atoms with Crippen LogP contribution in [0, 0.1) is 6.92 Å². The first-order chi connectivity index (χ1) is 13.9. The van der Waals surface area contributed by atoms with Crippen LogP contribution in [-0.4, -0.2) is 39.8 Å². The molecule has 8 nitrogen and oxygen atoms in total. The zero-order valence-electron chi connectivity index (χ0n) is 15.5. The maximum absolute atomic E-state index is 12.1. The lowest BCUT2D eigenvalue weighted by molar-refractivity contribution is -0.274. The third-order valence-corrected chi connectivity index (χ3v) is 4.89. The molecule has 0 radical (unpaired) electrons. The maximum Gasteiger partial charge on any atom is 0.573 e. The fourth-order valence-corrected chi connectivity index (χ4v) is 3.06. The van der Waals surface area contributed by atoms with Crippen LogP contribution in [0.1, 0.15) is 5.56 Å². The van der Waals surface area contributed by atoms with E-state index in [9.17, 15) is 31.2 Å². The van der Waals surface area contributed by atoms with Crippen molar-refractivity contribution in [2.45, 2.75) is 18.2 Å². The summed E-state index contributed by atoms with van der Waals surface area (Å²) in [6.07, 6.45) is -4.83. The van der Waals surface area contributed by atoms with Gasteiger partial charge in [-0.25, -0.2) is 8.42 Å². The van der Waals surface area contributed by atoms with Gasteiger partial charge in [0.15, 0.2) is 6.61 Å². The number of carbonyl (C=O) groups is 2. The molecule has 0 fully saturated rings. The van der Waals surface area contributed by atoms with Gasteiger partial charge in [-0.1, -0.05) is 17.7 Å². The molecule has 2 aromatic carbocycles. The molecular weight excluding hydrogens is 429 g/mol. The Morgan fingerprint density at radius 1 is 1.00 bits per heavy atom. The molecular formula is C18H17F3N2O6S. The highest BCUT2D eigenvalue weighted by Gasteiger charge is 2.31. The van der Waals surface area contributed by atoms with Crippen molar-refractivity contribution in [1.29, 1.82) is 0 Å². The molecule has 0 saturated heterocycles. The minimum atomic E-state index is -4.83. The zero-order chi connectivity index (χ0) is 22.4. The van der Waals surface area contributed by atoms with Crippen LogP contribution in [0.25, 0.3) is 0 Å². The molecule has 0 aliphatic rings. The molecule has 0 aliphatic carbocycles. The Morgan fingerprint density at radius 2 is 1.60 bits per heavy atom. The standard InChI is InChI=1S/C18H17F3N2O6S/c1-12-2-8-15(9-3-12)30(26,27)22-10-17(25)28-11-16(24)23-13-4-6-14(7-5-13)29-18(19,20)21/h2-9,22H,10-11H2,1H3,(H,23,24). The van der Waals surface area contributed by atoms with Crippen LogP contribution in [0.3, 0.4) is 0 Å². The van der Waals surface area contributed by atoms with Crippen LogP contribution in [0.15, 0.2) is 53.4 Å². The number of anilines is 1. The number of nitrogens with one attached hydrogen (secondary N) is 2. The average molecular weight is 446 g/mol. The minimum Gasteiger partial charge on any atom is -0.455 e. The van der Waals surface area contributed by atoms with E-state index in [-0.39, 0.29) is 10.6 Å². The van der Waals surface area contributed by atoms with Gasteiger partial charge in [-0.15, -0.1) is 13.2 Å². The number of rotatable bonds is 8. The lowest BCUT2D eigenvalue weighted by Crippen LogP contribution is -2.32. The van der Waals surface area contributed by atoms with Gasteiger partial charge >= 0.3 is 12.3 Å². The first-order valence-corrected chi connectivity index (χ1v) is 9.80. The van der Waals surface area contributed by atoms with Crippen LogP contribution in [-0.2, 0) is 24.3 Å². The molecule has 12 heteroatoms. The Balaban J connectivity index is 1.77. The SMILES string of the molecule is Cc1ccc(S(=O)(=O)NCC(=O)OCC(=O)Nc2ccc(OC(F)(F)F)cc2)cc1. The van der Waals surface area contributed by atoms with Gasteiger partial charge in [0.05, 0.1) is 4.90 Å². The predicted octanol–water partition coefficient (Wildman–Crippen LogP) is 2.35. The van der Waals surface area contributed by atoms with Crippen LogP contribution >= 0.6 is 0 Å². The summed E-state index contributed by atoms with van der Waals surface area (Å²) in [5.41, 5.74) is 1.01. The molecule has 0 atom stereocenters. The largest absolute Gasteiger partial charge is 0.573 e. The Labute approximate surface area is 170 Å². The lowest BCUT2D eigenvalue weighted by atomic mass is 10.2. The lowest BCUT2D eigenvalue weighted by Gasteiger charge is -2.10. The summed E-state index contributed by atoms with van der Waals surface area (Å²) in [4.78, 5) is 23.4. The van der Waals surface area contributed by atoms with Crippen molar-refractivity contribution in [3.8, 4) is 5.75 Å². The third kappa shape index (κ3) is 7.72. The maximum atomic E-state index is 12.1. The molecule has 2 N–H and O–H groups in total. The van der Waals surface area contributed by atoms with E-state index in [1.165, 1.54) is 12.1 Å². The fourth-order valence-electron chi connectivity index (χ4n) is 2.09. The molecule has 30 heavy (non-hydrogen) atoms. The molecule has 0 heterocycles. The van der Waals surface area contributed by atoms with Gasteiger partial charge in [0.1, 0.15) is 12.3 Å². The number of amides is 1. The molecule has 162 valence electrons. The van der Waals surface area contributed by atoms with E-state index in [0.717, 1.165) is 29.8 Å². The van der Waals surface area contributed by atoms with E-state index in [0.29, 0.717) is 0 Å². The van der Waals surface area contributed by atoms with Gasteiger partial charge in [-0.05, 0) is 43.3 Å². The summed E-state index contributed by atoms with van der Waals surface area (Å²) >= 11 is 0. The zero-order valence-corrected chi connectivity index (χ0v) is 16.3. The summed E-state index contributed by atoms with van der Waals surface area (Å²) in [5.74, 6) is -2.23. The first kappa shape index (κ1) is 23.2. The number of carbonyl (C=O) groups excluding carboxylic acids is 2. The van der Waals surface area contributed by atoms with E-state index >= 15 is 0 Å². The topological polar surface area (TPSA) is 111 Å². The number of ether oxygens (including phenoxy) is 2. The smallest absolute Gasteiger partial charge is 0.455 e. The van der Waals surface area contributed by atoms with E-state index < -0.39 is 47.2 Å². The number of aryl methyl sites for hydroxylation is 1. The van der Waals surface area contributed by atoms with E-state index in [2.05, 4.69) is 19.5 Å². The van der Waals surface area contributed by atoms with Gasteiger partial charge < -0.3 is 14.8 Å². The van der Waals surface area contributed by atoms with Crippen molar-refractivity contribution in [3.63, 3.8) is 0 Å². The van der Waals surface area contributed by atoms with E-state index in [1.54, 1.807) is 19.1 Å². The highest BCUT2D eigenvalue weighted by Crippen LogP contribution is 2.23. The molecule has 0 bridgehead atoms. The number of halogens is 3. The van der Waals surface area contributed by atoms with Gasteiger partial charge in [0, 0.05) is 5.69 Å².